The third kappa shape index (κ3) is 3.96. The Labute approximate surface area is 180 Å². The van der Waals surface area contributed by atoms with Gasteiger partial charge < -0.3 is 14.7 Å². The molecule has 10 heteroatoms. The Kier molecular flexibility index (Phi) is 5.75. The standard InChI is InChI=1S/C19H22BrN5O3S/c1-3-28-19(27)24-9-7-23(8-10-24)15(13-5-4-6-14(20)11-13)16-17(26)25-18(29-16)21-12(2)22-25/h4-6,11,15,26H,3,7-10H2,1-2H3/t15-/m0/s1. The van der Waals surface area contributed by atoms with Crippen LogP contribution in [0.5, 0.6) is 5.88 Å². The summed E-state index contributed by atoms with van der Waals surface area (Å²) in [5.41, 5.74) is 1.06. The van der Waals surface area contributed by atoms with Gasteiger partial charge in [0.1, 0.15) is 5.82 Å². The molecule has 1 aliphatic heterocycles. The van der Waals surface area contributed by atoms with E-state index in [0.717, 1.165) is 14.9 Å². The number of benzene rings is 1. The van der Waals surface area contributed by atoms with Crippen LogP contribution in [0.15, 0.2) is 28.7 Å². The summed E-state index contributed by atoms with van der Waals surface area (Å²) in [5, 5.41) is 15.2. The van der Waals surface area contributed by atoms with Crippen LogP contribution >= 0.6 is 27.3 Å². The summed E-state index contributed by atoms with van der Waals surface area (Å²) in [6.07, 6.45) is -0.275. The molecule has 1 amide bonds. The molecule has 1 N–H and O–H groups in total. The molecule has 1 aliphatic rings. The van der Waals surface area contributed by atoms with Crippen LogP contribution in [0.1, 0.15) is 29.2 Å². The predicted octanol–water partition coefficient (Wildman–Crippen LogP) is 3.43. The molecule has 0 saturated carbocycles. The number of thiazole rings is 1. The first kappa shape index (κ1) is 20.1. The molecule has 29 heavy (non-hydrogen) atoms. The van der Waals surface area contributed by atoms with Crippen molar-refractivity contribution in [3.63, 3.8) is 0 Å². The Morgan fingerprint density at radius 2 is 2.10 bits per heavy atom. The molecule has 154 valence electrons. The van der Waals surface area contributed by atoms with Crippen molar-refractivity contribution >= 4 is 38.3 Å². The Hall–Kier alpha value is -2.17. The zero-order chi connectivity index (χ0) is 20.5. The molecule has 0 unspecified atom stereocenters. The van der Waals surface area contributed by atoms with Crippen LogP contribution < -0.4 is 0 Å². The van der Waals surface area contributed by atoms with E-state index in [9.17, 15) is 9.90 Å². The Bertz CT molecular complexity index is 1030. The van der Waals surface area contributed by atoms with Gasteiger partial charge in [0.25, 0.3) is 0 Å². The molecule has 1 fully saturated rings. The molecule has 0 aliphatic carbocycles. The van der Waals surface area contributed by atoms with E-state index in [2.05, 4.69) is 37.0 Å². The van der Waals surface area contributed by atoms with Crippen molar-refractivity contribution in [1.82, 2.24) is 24.4 Å². The maximum atomic E-state index is 12.0. The number of hydrogen-bond acceptors (Lipinski definition) is 7. The van der Waals surface area contributed by atoms with Crippen molar-refractivity contribution in [3.8, 4) is 5.88 Å². The summed E-state index contributed by atoms with van der Waals surface area (Å²) in [5.74, 6) is 0.739. The number of aromatic nitrogens is 3. The number of carbonyl (C=O) groups is 1. The largest absolute Gasteiger partial charge is 0.492 e. The van der Waals surface area contributed by atoms with Crippen LogP contribution in [0, 0.1) is 6.92 Å². The topological polar surface area (TPSA) is 83.2 Å². The highest BCUT2D eigenvalue weighted by Gasteiger charge is 2.33. The Morgan fingerprint density at radius 3 is 2.76 bits per heavy atom. The van der Waals surface area contributed by atoms with Crippen LogP contribution in [-0.2, 0) is 4.74 Å². The van der Waals surface area contributed by atoms with Gasteiger partial charge in [-0.25, -0.2) is 9.78 Å². The van der Waals surface area contributed by atoms with Gasteiger partial charge in [-0.3, -0.25) is 4.90 Å². The van der Waals surface area contributed by atoms with E-state index < -0.39 is 0 Å². The van der Waals surface area contributed by atoms with E-state index in [1.165, 1.54) is 15.9 Å². The minimum absolute atomic E-state index is 0.114. The summed E-state index contributed by atoms with van der Waals surface area (Å²) in [7, 11) is 0. The molecule has 1 atom stereocenters. The van der Waals surface area contributed by atoms with E-state index in [-0.39, 0.29) is 18.0 Å². The number of fused-ring (bicyclic) bond motifs is 1. The van der Waals surface area contributed by atoms with Crippen molar-refractivity contribution in [2.45, 2.75) is 19.9 Å². The molecule has 3 heterocycles. The van der Waals surface area contributed by atoms with Crippen LogP contribution in [0.2, 0.25) is 0 Å². The molecular weight excluding hydrogens is 458 g/mol. The van der Waals surface area contributed by atoms with E-state index in [1.54, 1.807) is 11.8 Å². The molecule has 8 nitrogen and oxygen atoms in total. The lowest BCUT2D eigenvalue weighted by molar-refractivity contribution is 0.0715. The number of carbonyl (C=O) groups excluding carboxylic acids is 1. The van der Waals surface area contributed by atoms with Gasteiger partial charge in [-0.2, -0.15) is 4.52 Å². The molecule has 0 spiro atoms. The second kappa shape index (κ2) is 8.29. The number of amides is 1. The van der Waals surface area contributed by atoms with Gasteiger partial charge in [0.2, 0.25) is 10.8 Å². The molecule has 1 aromatic carbocycles. The third-order valence-electron chi connectivity index (χ3n) is 4.92. The van der Waals surface area contributed by atoms with Crippen molar-refractivity contribution in [3.05, 3.63) is 45.0 Å². The van der Waals surface area contributed by atoms with Gasteiger partial charge in [0, 0.05) is 30.7 Å². The van der Waals surface area contributed by atoms with Crippen LogP contribution in [0.4, 0.5) is 4.79 Å². The zero-order valence-corrected chi connectivity index (χ0v) is 18.6. The summed E-state index contributed by atoms with van der Waals surface area (Å²) in [6, 6.07) is 7.91. The average molecular weight is 480 g/mol. The lowest BCUT2D eigenvalue weighted by Crippen LogP contribution is -2.49. The number of nitrogens with zero attached hydrogens (tertiary/aromatic N) is 5. The lowest BCUT2D eigenvalue weighted by Gasteiger charge is -2.38. The first-order chi connectivity index (χ1) is 14.0. The quantitative estimate of drug-likeness (QED) is 0.616. The van der Waals surface area contributed by atoms with Gasteiger partial charge in [-0.1, -0.05) is 39.4 Å². The molecule has 3 aromatic rings. The Morgan fingerprint density at radius 1 is 1.34 bits per heavy atom. The minimum atomic E-state index is -0.275. The highest BCUT2D eigenvalue weighted by atomic mass is 79.9. The zero-order valence-electron chi connectivity index (χ0n) is 16.2. The summed E-state index contributed by atoms with van der Waals surface area (Å²) < 4.78 is 7.59. The van der Waals surface area contributed by atoms with Crippen molar-refractivity contribution < 1.29 is 14.6 Å². The normalized spacial score (nSPS) is 16.3. The predicted molar refractivity (Wildman–Crippen MR) is 113 cm³/mol. The van der Waals surface area contributed by atoms with Crippen LogP contribution in [0.25, 0.3) is 4.96 Å². The van der Waals surface area contributed by atoms with E-state index in [0.29, 0.717) is 43.6 Å². The summed E-state index contributed by atoms with van der Waals surface area (Å²) in [4.78, 5) is 21.9. The molecule has 0 radical (unpaired) electrons. The van der Waals surface area contributed by atoms with Crippen LogP contribution in [0.3, 0.4) is 0 Å². The number of aryl methyl sites for hydroxylation is 1. The molecule has 2 aromatic heterocycles. The lowest BCUT2D eigenvalue weighted by atomic mass is 10.0. The number of aromatic hydroxyl groups is 1. The van der Waals surface area contributed by atoms with E-state index >= 15 is 0 Å². The van der Waals surface area contributed by atoms with Crippen molar-refractivity contribution in [2.75, 3.05) is 32.8 Å². The number of piperazine rings is 1. The van der Waals surface area contributed by atoms with Crippen molar-refractivity contribution in [2.24, 2.45) is 0 Å². The second-order valence-electron chi connectivity index (χ2n) is 6.82. The van der Waals surface area contributed by atoms with Crippen molar-refractivity contribution in [1.29, 1.82) is 0 Å². The number of halogens is 1. The maximum Gasteiger partial charge on any atom is 0.409 e. The van der Waals surface area contributed by atoms with E-state index in [4.69, 9.17) is 4.74 Å². The van der Waals surface area contributed by atoms with Gasteiger partial charge >= 0.3 is 6.09 Å². The highest BCUT2D eigenvalue weighted by molar-refractivity contribution is 9.10. The van der Waals surface area contributed by atoms with Gasteiger partial charge in [0.05, 0.1) is 17.5 Å². The average Bonchev–Trinajstić information content (AvgIpc) is 3.20. The molecule has 0 bridgehead atoms. The monoisotopic (exact) mass is 479 g/mol. The summed E-state index contributed by atoms with van der Waals surface area (Å²) >= 11 is 4.99. The number of hydrogen-bond donors (Lipinski definition) is 1. The first-order valence-electron chi connectivity index (χ1n) is 9.44. The minimum Gasteiger partial charge on any atom is -0.492 e. The fraction of sp³-hybridized carbons (Fsp3) is 0.421. The first-order valence-corrected chi connectivity index (χ1v) is 11.0. The molecular formula is C19H22BrN5O3S. The maximum absolute atomic E-state index is 12.0. The number of rotatable bonds is 4. The van der Waals surface area contributed by atoms with E-state index in [1.807, 2.05) is 25.1 Å². The summed E-state index contributed by atoms with van der Waals surface area (Å²) in [6.45, 7) is 6.47. The fourth-order valence-electron chi connectivity index (χ4n) is 3.61. The van der Waals surface area contributed by atoms with Gasteiger partial charge in [0.15, 0.2) is 0 Å². The Balaban J connectivity index is 1.67. The SMILES string of the molecule is CCOC(=O)N1CCN([C@@H](c2cccc(Br)c2)c2sc3nc(C)nn3c2O)CC1. The molecule has 4 rings (SSSR count). The second-order valence-corrected chi connectivity index (χ2v) is 8.75. The van der Waals surface area contributed by atoms with Crippen LogP contribution in [-0.4, -0.2) is 68.4 Å². The van der Waals surface area contributed by atoms with Gasteiger partial charge in [-0.05, 0) is 31.5 Å². The highest BCUT2D eigenvalue weighted by Crippen LogP contribution is 2.40. The fourth-order valence-corrected chi connectivity index (χ4v) is 5.19. The van der Waals surface area contributed by atoms with Gasteiger partial charge in [-0.15, -0.1) is 5.10 Å². The smallest absolute Gasteiger partial charge is 0.409 e. The third-order valence-corrected chi connectivity index (χ3v) is 6.49. The molecule has 1 saturated heterocycles. The number of ether oxygens (including phenoxy) is 1.